The lowest BCUT2D eigenvalue weighted by atomic mass is 9.94. The van der Waals surface area contributed by atoms with Crippen molar-refractivity contribution in [3.8, 4) is 5.75 Å². The zero-order valence-electron chi connectivity index (χ0n) is 20.9. The number of rotatable bonds is 10. The van der Waals surface area contributed by atoms with E-state index >= 15 is 0 Å². The van der Waals surface area contributed by atoms with Gasteiger partial charge in [0.1, 0.15) is 11.5 Å². The molecular formula is C28H36N2O4. The van der Waals surface area contributed by atoms with Crippen LogP contribution in [-0.2, 0) is 16.0 Å². The highest BCUT2D eigenvalue weighted by Crippen LogP contribution is 2.39. The van der Waals surface area contributed by atoms with E-state index < -0.39 is 17.7 Å². The van der Waals surface area contributed by atoms with Crippen LogP contribution in [0.4, 0.5) is 0 Å². The highest BCUT2D eigenvalue weighted by atomic mass is 16.5. The largest absolute Gasteiger partial charge is 0.507 e. The topological polar surface area (TPSA) is 70.1 Å². The Morgan fingerprint density at radius 2 is 1.71 bits per heavy atom. The molecule has 1 aliphatic heterocycles. The monoisotopic (exact) mass is 464 g/mol. The van der Waals surface area contributed by atoms with Gasteiger partial charge in [-0.15, -0.1) is 0 Å². The fourth-order valence-corrected chi connectivity index (χ4v) is 4.08. The van der Waals surface area contributed by atoms with E-state index in [4.69, 9.17) is 4.74 Å². The third kappa shape index (κ3) is 5.86. The summed E-state index contributed by atoms with van der Waals surface area (Å²) in [6.45, 7) is 8.05. The third-order valence-electron chi connectivity index (χ3n) is 5.96. The number of nitrogens with zero attached hydrogens (tertiary/aromatic N) is 2. The Morgan fingerprint density at radius 3 is 2.26 bits per heavy atom. The molecule has 1 fully saturated rings. The lowest BCUT2D eigenvalue weighted by Crippen LogP contribution is -2.32. The maximum absolute atomic E-state index is 13.1. The summed E-state index contributed by atoms with van der Waals surface area (Å²) in [5.74, 6) is -0.279. The van der Waals surface area contributed by atoms with Gasteiger partial charge in [0.15, 0.2) is 0 Å². The van der Waals surface area contributed by atoms with Crippen LogP contribution in [-0.4, -0.2) is 60.4 Å². The second-order valence-electron chi connectivity index (χ2n) is 9.47. The van der Waals surface area contributed by atoms with E-state index in [-0.39, 0.29) is 11.3 Å². The summed E-state index contributed by atoms with van der Waals surface area (Å²) in [5.41, 5.74) is 2.61. The van der Waals surface area contributed by atoms with Crippen LogP contribution in [0.5, 0.6) is 5.75 Å². The fraction of sp³-hybridized carbons (Fsp3) is 0.429. The normalized spacial score (nSPS) is 17.7. The number of likely N-dealkylation sites (tertiary alicyclic amines) is 1. The molecule has 1 atom stereocenters. The van der Waals surface area contributed by atoms with Crippen LogP contribution in [0.15, 0.2) is 54.1 Å². The van der Waals surface area contributed by atoms with Crippen molar-refractivity contribution in [3.05, 3.63) is 70.8 Å². The smallest absolute Gasteiger partial charge is 0.295 e. The number of Topliss-reactive ketones (excluding diaryl/α,β-unsaturated/α-hetero) is 1. The van der Waals surface area contributed by atoms with Gasteiger partial charge in [-0.1, -0.05) is 45.0 Å². The quantitative estimate of drug-likeness (QED) is 0.315. The molecule has 1 aliphatic rings. The molecule has 0 radical (unpaired) electrons. The standard InChI is InChI=1S/C28H36N2O4/c1-6-20-8-10-21(11-9-20)25-24(27(32)28(33)30(25)17-7-16-29(4)5)26(31)22-12-14-23(15-13-22)34-18-19(2)3/h8-15,19,25,31H,6-7,16-18H2,1-5H3/t25-/m1/s1. The number of ketones is 1. The molecule has 0 aromatic heterocycles. The maximum Gasteiger partial charge on any atom is 0.295 e. The van der Waals surface area contributed by atoms with Crippen molar-refractivity contribution < 1.29 is 19.4 Å². The van der Waals surface area contributed by atoms with Gasteiger partial charge in [0, 0.05) is 12.1 Å². The molecule has 0 spiro atoms. The molecule has 6 heteroatoms. The third-order valence-corrected chi connectivity index (χ3v) is 5.96. The Bertz CT molecular complexity index is 1020. The number of benzene rings is 2. The average molecular weight is 465 g/mol. The molecule has 1 N–H and O–H groups in total. The Labute approximate surface area is 202 Å². The lowest BCUT2D eigenvalue weighted by Gasteiger charge is -2.26. The summed E-state index contributed by atoms with van der Waals surface area (Å²) >= 11 is 0. The van der Waals surface area contributed by atoms with Crippen molar-refractivity contribution in [2.24, 2.45) is 5.92 Å². The van der Waals surface area contributed by atoms with E-state index in [2.05, 4.69) is 20.8 Å². The van der Waals surface area contributed by atoms with E-state index in [1.807, 2.05) is 43.3 Å². The molecular weight excluding hydrogens is 428 g/mol. The molecule has 0 unspecified atom stereocenters. The molecule has 0 saturated carbocycles. The van der Waals surface area contributed by atoms with Crippen molar-refractivity contribution in [2.75, 3.05) is 33.8 Å². The number of hydrogen-bond donors (Lipinski definition) is 1. The molecule has 1 saturated heterocycles. The maximum atomic E-state index is 13.1. The van der Waals surface area contributed by atoms with Gasteiger partial charge in [-0.2, -0.15) is 0 Å². The van der Waals surface area contributed by atoms with Crippen molar-refractivity contribution in [1.29, 1.82) is 0 Å². The summed E-state index contributed by atoms with van der Waals surface area (Å²) in [5, 5.41) is 11.2. The van der Waals surface area contributed by atoms with Crippen molar-refractivity contribution in [3.63, 3.8) is 0 Å². The van der Waals surface area contributed by atoms with Crippen molar-refractivity contribution in [1.82, 2.24) is 9.80 Å². The van der Waals surface area contributed by atoms with Gasteiger partial charge >= 0.3 is 0 Å². The van der Waals surface area contributed by atoms with Gasteiger partial charge in [-0.05, 0) is 74.8 Å². The summed E-state index contributed by atoms with van der Waals surface area (Å²) in [7, 11) is 3.95. The molecule has 2 aromatic carbocycles. The van der Waals surface area contributed by atoms with Gasteiger partial charge in [0.2, 0.25) is 0 Å². The average Bonchev–Trinajstić information content (AvgIpc) is 3.07. The Hall–Kier alpha value is -3.12. The zero-order chi connectivity index (χ0) is 24.8. The first kappa shape index (κ1) is 25.5. The predicted molar refractivity (Wildman–Crippen MR) is 135 cm³/mol. The number of ether oxygens (including phenoxy) is 1. The van der Waals surface area contributed by atoms with Crippen LogP contribution in [0.3, 0.4) is 0 Å². The van der Waals surface area contributed by atoms with Gasteiger partial charge in [0.05, 0.1) is 18.2 Å². The van der Waals surface area contributed by atoms with Gasteiger partial charge < -0.3 is 19.6 Å². The number of aliphatic hydroxyl groups excluding tert-OH is 1. The molecule has 6 nitrogen and oxygen atoms in total. The summed E-state index contributed by atoms with van der Waals surface area (Å²) in [4.78, 5) is 29.8. The van der Waals surface area contributed by atoms with Gasteiger partial charge in [-0.3, -0.25) is 9.59 Å². The van der Waals surface area contributed by atoms with E-state index in [0.29, 0.717) is 30.4 Å². The highest BCUT2D eigenvalue weighted by molar-refractivity contribution is 6.46. The second kappa shape index (κ2) is 11.3. The zero-order valence-corrected chi connectivity index (χ0v) is 20.9. The molecule has 1 heterocycles. The highest BCUT2D eigenvalue weighted by Gasteiger charge is 2.45. The number of aliphatic hydroxyl groups is 1. The van der Waals surface area contributed by atoms with E-state index in [1.54, 1.807) is 29.2 Å². The van der Waals surface area contributed by atoms with E-state index in [0.717, 1.165) is 24.9 Å². The van der Waals surface area contributed by atoms with Crippen LogP contribution in [0.2, 0.25) is 0 Å². The molecule has 0 aliphatic carbocycles. The van der Waals surface area contributed by atoms with Crippen molar-refractivity contribution >= 4 is 17.4 Å². The Balaban J connectivity index is 1.99. The minimum atomic E-state index is -0.646. The second-order valence-corrected chi connectivity index (χ2v) is 9.47. The first-order valence-corrected chi connectivity index (χ1v) is 12.0. The summed E-state index contributed by atoms with van der Waals surface area (Å²) in [6.07, 6.45) is 1.63. The number of amides is 1. The fourth-order valence-electron chi connectivity index (χ4n) is 4.08. The van der Waals surface area contributed by atoms with Crippen LogP contribution in [0.1, 0.15) is 49.9 Å². The molecule has 3 rings (SSSR count). The number of carbonyl (C=O) groups is 2. The predicted octanol–water partition coefficient (Wildman–Crippen LogP) is 4.66. The van der Waals surface area contributed by atoms with Crippen LogP contribution < -0.4 is 4.74 Å². The molecule has 1 amide bonds. The SMILES string of the molecule is CCc1ccc([C@@H]2C(=C(O)c3ccc(OCC(C)C)cc3)C(=O)C(=O)N2CCCN(C)C)cc1. The molecule has 0 bridgehead atoms. The minimum absolute atomic E-state index is 0.134. The first-order valence-electron chi connectivity index (χ1n) is 12.0. The number of carbonyl (C=O) groups excluding carboxylic acids is 2. The van der Waals surface area contributed by atoms with Crippen LogP contribution >= 0.6 is 0 Å². The van der Waals surface area contributed by atoms with Crippen molar-refractivity contribution in [2.45, 2.75) is 39.7 Å². The first-order chi connectivity index (χ1) is 16.2. The minimum Gasteiger partial charge on any atom is -0.507 e. The molecule has 182 valence electrons. The summed E-state index contributed by atoms with van der Waals surface area (Å²) in [6, 6.07) is 14.3. The summed E-state index contributed by atoms with van der Waals surface area (Å²) < 4.78 is 5.73. The lowest BCUT2D eigenvalue weighted by molar-refractivity contribution is -0.139. The number of aryl methyl sites for hydroxylation is 1. The Morgan fingerprint density at radius 1 is 1.06 bits per heavy atom. The molecule has 34 heavy (non-hydrogen) atoms. The van der Waals surface area contributed by atoms with Crippen LogP contribution in [0, 0.1) is 5.92 Å². The Kier molecular flexibility index (Phi) is 8.51. The van der Waals surface area contributed by atoms with Gasteiger partial charge in [0.25, 0.3) is 11.7 Å². The van der Waals surface area contributed by atoms with Crippen LogP contribution in [0.25, 0.3) is 5.76 Å². The van der Waals surface area contributed by atoms with E-state index in [9.17, 15) is 14.7 Å². The number of hydrogen-bond acceptors (Lipinski definition) is 5. The molecule has 2 aromatic rings. The van der Waals surface area contributed by atoms with E-state index in [1.165, 1.54) is 5.56 Å². The van der Waals surface area contributed by atoms with Gasteiger partial charge in [-0.25, -0.2) is 0 Å².